The molecule has 0 aliphatic rings. The molecule has 10 nitrogen and oxygen atoms in total. The van der Waals surface area contributed by atoms with Crippen molar-refractivity contribution in [2.75, 3.05) is 42.9 Å². The second-order valence-electron chi connectivity index (χ2n) is 7.07. The topological polar surface area (TPSA) is 169 Å². The molecule has 0 atom stereocenters. The molecule has 0 bridgehead atoms. The molecule has 220 valence electrons. The Morgan fingerprint density at radius 1 is 0.854 bits per heavy atom. The number of esters is 2. The normalized spacial score (nSPS) is 9.24. The molecule has 6 N–H and O–H groups in total. The summed E-state index contributed by atoms with van der Waals surface area (Å²) < 4.78 is 8.82. The first-order chi connectivity index (χ1) is 18.9. The smallest absolute Gasteiger partial charge is 0.778 e. The number of ether oxygens (including phenoxy) is 2. The van der Waals surface area contributed by atoms with Crippen LogP contribution in [-0.4, -0.2) is 52.6 Å². The number of halogens is 3. The third-order valence-corrected chi connectivity index (χ3v) is 7.34. The van der Waals surface area contributed by atoms with Crippen molar-refractivity contribution in [3.05, 3.63) is 57.4 Å². The van der Waals surface area contributed by atoms with Crippen LogP contribution in [0.15, 0.2) is 46.6 Å². The minimum absolute atomic E-state index is 0. The van der Waals surface area contributed by atoms with E-state index >= 15 is 0 Å². The van der Waals surface area contributed by atoms with E-state index in [9.17, 15) is 9.59 Å². The number of aromatic nitrogens is 3. The molecular weight excluding hydrogens is 662 g/mol. The molecule has 41 heavy (non-hydrogen) atoms. The summed E-state index contributed by atoms with van der Waals surface area (Å²) in [7, 11) is 2.73. The van der Waals surface area contributed by atoms with Gasteiger partial charge in [0.2, 0.25) is 0 Å². The maximum Gasteiger partial charge on any atom is 1.00 e. The number of pyridine rings is 3. The average Bonchev–Trinajstić information content (AvgIpc) is 2.93. The molecule has 0 spiro atoms. The van der Waals surface area contributed by atoms with E-state index < -0.39 is 0 Å². The van der Waals surface area contributed by atoms with Crippen LogP contribution < -0.4 is 46.8 Å². The summed E-state index contributed by atoms with van der Waals surface area (Å²) in [6.45, 7) is 1.89. The number of rotatable bonds is 6. The molecule has 3 aromatic heterocycles. The predicted molar refractivity (Wildman–Crippen MR) is 169 cm³/mol. The zero-order valence-electron chi connectivity index (χ0n) is 22.9. The van der Waals surface area contributed by atoms with Crippen molar-refractivity contribution in [2.45, 2.75) is 29.6 Å². The fraction of sp³-hybridized carbons (Fsp3) is 0.292. The fourth-order valence-electron chi connectivity index (χ4n) is 2.10. The number of thioether (sulfide) groups is 1. The van der Waals surface area contributed by atoms with Gasteiger partial charge >= 0.3 is 41.5 Å². The SMILES string of the molecule is COC(=O)CCS.COC(=O)CCSc1ccnc(N)c1Cl.Cc1ccnc(N)c1Cl.Nc1nccc([S-])c1Cl.[Na+]. The van der Waals surface area contributed by atoms with E-state index in [1.807, 2.05) is 13.0 Å². The summed E-state index contributed by atoms with van der Waals surface area (Å²) in [5, 5.41) is 1.36. The molecule has 0 saturated carbocycles. The summed E-state index contributed by atoms with van der Waals surface area (Å²) in [4.78, 5) is 33.7. The molecular formula is C24H30Cl3N6NaO4S3. The minimum Gasteiger partial charge on any atom is -0.778 e. The van der Waals surface area contributed by atoms with E-state index in [1.54, 1.807) is 24.5 Å². The van der Waals surface area contributed by atoms with Crippen molar-refractivity contribution >= 4 is 101 Å². The molecule has 0 fully saturated rings. The molecule has 3 rings (SSSR count). The van der Waals surface area contributed by atoms with Gasteiger partial charge in [-0.25, -0.2) is 15.0 Å². The van der Waals surface area contributed by atoms with Crippen molar-refractivity contribution in [1.29, 1.82) is 0 Å². The molecule has 17 heteroatoms. The van der Waals surface area contributed by atoms with Gasteiger partial charge in [-0.15, -0.1) is 11.8 Å². The standard InChI is InChI=1S/C9H11ClN2O2S.C6H7ClN2.C5H5ClN2S.C4H8O2S.Na/c1-14-7(13)3-5-15-6-2-4-12-9(11)8(6)10;1-4-2-3-9-6(8)5(4)7;6-4-3(9)1-2-8-5(4)7;1-6-4(5)2-3-7;/h2,4H,3,5H2,1H3,(H2,11,12);2-3H,1H3,(H2,8,9);1-2H,(H3,7,8,9);7H,2-3H2,1H3;/q;;;;+1/p-1. The second kappa shape index (κ2) is 24.1. The van der Waals surface area contributed by atoms with E-state index in [-0.39, 0.29) is 41.5 Å². The summed E-state index contributed by atoms with van der Waals surface area (Å²) in [5.74, 6) is 1.74. The van der Waals surface area contributed by atoms with Gasteiger partial charge in [0.1, 0.15) is 17.5 Å². The van der Waals surface area contributed by atoms with Crippen LogP contribution in [0.3, 0.4) is 0 Å². The van der Waals surface area contributed by atoms with Crippen LogP contribution in [0.5, 0.6) is 0 Å². The van der Waals surface area contributed by atoms with Crippen LogP contribution in [0, 0.1) is 6.92 Å². The van der Waals surface area contributed by atoms with Crippen molar-refractivity contribution in [2.24, 2.45) is 0 Å². The summed E-state index contributed by atoms with van der Waals surface area (Å²) >= 11 is 27.2. The summed E-state index contributed by atoms with van der Waals surface area (Å²) in [6.07, 6.45) is 5.50. The summed E-state index contributed by atoms with van der Waals surface area (Å²) in [6, 6.07) is 5.22. The number of nitrogen functional groups attached to an aromatic ring is 3. The Morgan fingerprint density at radius 2 is 1.32 bits per heavy atom. The predicted octanol–water partition coefficient (Wildman–Crippen LogP) is 2.30. The van der Waals surface area contributed by atoms with Crippen molar-refractivity contribution in [3.8, 4) is 0 Å². The maximum absolute atomic E-state index is 10.8. The Balaban J connectivity index is 0. The third-order valence-electron chi connectivity index (χ3n) is 4.21. The Hall–Kier alpha value is -1.42. The van der Waals surface area contributed by atoms with Gasteiger partial charge in [-0.05, 0) is 24.6 Å². The van der Waals surface area contributed by atoms with Crippen LogP contribution in [0.2, 0.25) is 15.1 Å². The van der Waals surface area contributed by atoms with E-state index in [2.05, 4.69) is 37.1 Å². The number of carbonyl (C=O) groups is 2. The largest absolute Gasteiger partial charge is 1.00 e. The van der Waals surface area contributed by atoms with Gasteiger partial charge in [0, 0.05) is 35.0 Å². The molecule has 0 saturated heterocycles. The quantitative estimate of drug-likeness (QED) is 0.0980. The van der Waals surface area contributed by atoms with Crippen molar-refractivity contribution in [1.82, 2.24) is 15.0 Å². The second-order valence-corrected chi connectivity index (χ2v) is 10.2. The van der Waals surface area contributed by atoms with Gasteiger partial charge in [-0.1, -0.05) is 40.9 Å². The Morgan fingerprint density at radius 3 is 1.73 bits per heavy atom. The zero-order chi connectivity index (χ0) is 30.7. The zero-order valence-corrected chi connectivity index (χ0v) is 29.7. The number of nitrogens with two attached hydrogens (primary N) is 3. The Kier molecular flexibility index (Phi) is 24.5. The molecule has 0 amide bonds. The summed E-state index contributed by atoms with van der Waals surface area (Å²) in [5.41, 5.74) is 17.2. The monoisotopic (exact) mass is 690 g/mol. The molecule has 0 radical (unpaired) electrons. The average molecular weight is 692 g/mol. The molecule has 0 aliphatic heterocycles. The number of hydrogen-bond acceptors (Lipinski definition) is 13. The van der Waals surface area contributed by atoms with E-state index in [1.165, 1.54) is 32.2 Å². The maximum atomic E-state index is 10.8. The van der Waals surface area contributed by atoms with Gasteiger partial charge in [0.25, 0.3) is 0 Å². The van der Waals surface area contributed by atoms with Crippen LogP contribution in [0.25, 0.3) is 0 Å². The van der Waals surface area contributed by atoms with Gasteiger partial charge in [-0.2, -0.15) is 17.5 Å². The first kappa shape index (κ1) is 41.7. The minimum atomic E-state index is -0.236. The van der Waals surface area contributed by atoms with E-state index in [4.69, 9.17) is 64.6 Å². The van der Waals surface area contributed by atoms with Crippen LogP contribution in [0.1, 0.15) is 18.4 Å². The number of anilines is 3. The van der Waals surface area contributed by atoms with Gasteiger partial charge in [0.15, 0.2) is 0 Å². The molecule has 3 heterocycles. The first-order valence-electron chi connectivity index (χ1n) is 11.1. The van der Waals surface area contributed by atoms with Crippen LogP contribution in [-0.2, 0) is 31.7 Å². The Bertz CT molecular complexity index is 1150. The number of methoxy groups -OCH3 is 2. The van der Waals surface area contributed by atoms with Crippen LogP contribution in [0.4, 0.5) is 17.5 Å². The van der Waals surface area contributed by atoms with Crippen molar-refractivity contribution < 1.29 is 48.6 Å². The molecule has 0 unspecified atom stereocenters. The van der Waals surface area contributed by atoms with E-state index in [0.717, 1.165) is 10.5 Å². The van der Waals surface area contributed by atoms with Crippen molar-refractivity contribution in [3.63, 3.8) is 0 Å². The molecule has 3 aromatic rings. The van der Waals surface area contributed by atoms with Gasteiger partial charge in [-0.3, -0.25) is 9.59 Å². The number of nitrogens with zero attached hydrogens (tertiary/aromatic N) is 3. The van der Waals surface area contributed by atoms with Gasteiger partial charge in [0.05, 0.1) is 42.1 Å². The number of thiol groups is 1. The number of hydrogen-bond donors (Lipinski definition) is 4. The first-order valence-corrected chi connectivity index (χ1v) is 14.3. The third kappa shape index (κ3) is 18.0. The number of aryl methyl sites for hydroxylation is 1. The number of carbonyl (C=O) groups excluding carboxylic acids is 2. The van der Waals surface area contributed by atoms with E-state index in [0.29, 0.717) is 61.8 Å². The fourth-order valence-corrected chi connectivity index (χ4v) is 3.82. The molecule has 0 aromatic carbocycles. The van der Waals surface area contributed by atoms with Gasteiger partial charge < -0.3 is 39.3 Å². The van der Waals surface area contributed by atoms with Crippen LogP contribution >= 0.6 is 59.2 Å². The Labute approximate surface area is 292 Å². The molecule has 0 aliphatic carbocycles.